The number of hydrogen-bond acceptors (Lipinski definition) is 4. The summed E-state index contributed by atoms with van der Waals surface area (Å²) in [4.78, 5) is 10.6. The van der Waals surface area contributed by atoms with E-state index in [1.54, 1.807) is 23.9 Å². The van der Waals surface area contributed by atoms with E-state index in [9.17, 15) is 4.79 Å². The average molecular weight is 226 g/mol. The highest BCUT2D eigenvalue weighted by Crippen LogP contribution is 2.19. The number of aromatic carboxylic acids is 1. The molecular weight excluding hydrogens is 212 g/mol. The Morgan fingerprint density at radius 2 is 2.33 bits per heavy atom. The van der Waals surface area contributed by atoms with Gasteiger partial charge < -0.3 is 16.2 Å². The van der Waals surface area contributed by atoms with Crippen molar-refractivity contribution in [1.29, 1.82) is 0 Å². The van der Waals surface area contributed by atoms with Crippen LogP contribution in [0.3, 0.4) is 0 Å². The summed E-state index contributed by atoms with van der Waals surface area (Å²) in [7, 11) is 0. The molecule has 0 aliphatic carbocycles. The van der Waals surface area contributed by atoms with E-state index in [2.05, 4.69) is 5.32 Å². The Hall–Kier alpha value is -1.36. The van der Waals surface area contributed by atoms with E-state index in [1.807, 2.05) is 6.26 Å². The van der Waals surface area contributed by atoms with Gasteiger partial charge in [-0.15, -0.1) is 0 Å². The fraction of sp³-hybridized carbons (Fsp3) is 0.300. The second-order valence-electron chi connectivity index (χ2n) is 3.03. The molecule has 15 heavy (non-hydrogen) atoms. The fourth-order valence-electron chi connectivity index (χ4n) is 1.14. The van der Waals surface area contributed by atoms with Gasteiger partial charge >= 0.3 is 5.97 Å². The van der Waals surface area contributed by atoms with E-state index >= 15 is 0 Å². The number of hydrogen-bond donors (Lipinski definition) is 3. The molecule has 0 aliphatic rings. The van der Waals surface area contributed by atoms with Gasteiger partial charge in [0.1, 0.15) is 0 Å². The predicted molar refractivity (Wildman–Crippen MR) is 64.7 cm³/mol. The van der Waals surface area contributed by atoms with E-state index in [-0.39, 0.29) is 5.56 Å². The molecule has 0 atom stereocenters. The lowest BCUT2D eigenvalue weighted by molar-refractivity contribution is 0.0697. The lowest BCUT2D eigenvalue weighted by Crippen LogP contribution is -2.07. The topological polar surface area (TPSA) is 75.3 Å². The minimum absolute atomic E-state index is 0.211. The van der Waals surface area contributed by atoms with Gasteiger partial charge in [0.05, 0.1) is 16.9 Å². The molecule has 0 spiro atoms. The first kappa shape index (κ1) is 11.7. The summed E-state index contributed by atoms with van der Waals surface area (Å²) in [6.07, 6.45) is 2.03. The third-order valence-corrected chi connectivity index (χ3v) is 2.53. The number of benzene rings is 1. The SMILES string of the molecule is CSCCNc1ccc(C(=O)O)cc1N. The number of nitrogens with two attached hydrogens (primary N) is 1. The minimum Gasteiger partial charge on any atom is -0.478 e. The first-order valence-corrected chi connectivity index (χ1v) is 5.90. The van der Waals surface area contributed by atoms with Crippen molar-refractivity contribution in [3.05, 3.63) is 23.8 Å². The van der Waals surface area contributed by atoms with E-state index < -0.39 is 5.97 Å². The summed E-state index contributed by atoms with van der Waals surface area (Å²) < 4.78 is 0. The maximum atomic E-state index is 10.6. The van der Waals surface area contributed by atoms with E-state index in [1.165, 1.54) is 6.07 Å². The summed E-state index contributed by atoms with van der Waals surface area (Å²) >= 11 is 1.74. The number of rotatable bonds is 5. The number of carbonyl (C=O) groups is 1. The molecule has 0 aliphatic heterocycles. The van der Waals surface area contributed by atoms with Crippen molar-refractivity contribution < 1.29 is 9.90 Å². The van der Waals surface area contributed by atoms with Gasteiger partial charge in [-0.2, -0.15) is 11.8 Å². The van der Waals surface area contributed by atoms with Gasteiger partial charge in [-0.1, -0.05) is 0 Å². The summed E-state index contributed by atoms with van der Waals surface area (Å²) in [5.41, 5.74) is 7.17. The first-order valence-electron chi connectivity index (χ1n) is 4.50. The van der Waals surface area contributed by atoms with Gasteiger partial charge in [0.2, 0.25) is 0 Å². The molecule has 82 valence electrons. The van der Waals surface area contributed by atoms with E-state index in [0.717, 1.165) is 18.0 Å². The smallest absolute Gasteiger partial charge is 0.335 e. The molecule has 0 aromatic heterocycles. The van der Waals surface area contributed by atoms with Crippen LogP contribution >= 0.6 is 11.8 Å². The van der Waals surface area contributed by atoms with Crippen LogP contribution < -0.4 is 11.1 Å². The zero-order valence-electron chi connectivity index (χ0n) is 8.49. The van der Waals surface area contributed by atoms with Crippen LogP contribution in [0.25, 0.3) is 0 Å². The van der Waals surface area contributed by atoms with Crippen LogP contribution in [-0.2, 0) is 0 Å². The minimum atomic E-state index is -0.961. The van der Waals surface area contributed by atoms with Crippen molar-refractivity contribution in [3.63, 3.8) is 0 Å². The van der Waals surface area contributed by atoms with Gasteiger partial charge in [-0.05, 0) is 24.5 Å². The van der Waals surface area contributed by atoms with Crippen molar-refractivity contribution in [2.24, 2.45) is 0 Å². The Labute approximate surface area is 92.9 Å². The fourth-order valence-corrected chi connectivity index (χ4v) is 1.45. The molecule has 0 saturated heterocycles. The van der Waals surface area contributed by atoms with Crippen LogP contribution in [0.1, 0.15) is 10.4 Å². The number of thioether (sulfide) groups is 1. The molecule has 5 heteroatoms. The molecule has 0 amide bonds. The Morgan fingerprint density at radius 3 is 2.87 bits per heavy atom. The Kier molecular flexibility index (Phi) is 4.30. The van der Waals surface area contributed by atoms with Gasteiger partial charge in [0, 0.05) is 12.3 Å². The Bertz CT molecular complexity index is 355. The highest BCUT2D eigenvalue weighted by Gasteiger charge is 2.05. The lowest BCUT2D eigenvalue weighted by Gasteiger charge is -2.08. The maximum absolute atomic E-state index is 10.6. The van der Waals surface area contributed by atoms with Gasteiger partial charge in [-0.3, -0.25) is 0 Å². The molecule has 0 fully saturated rings. The molecule has 0 radical (unpaired) electrons. The molecule has 4 N–H and O–H groups in total. The van der Waals surface area contributed by atoms with Crippen molar-refractivity contribution in [1.82, 2.24) is 0 Å². The van der Waals surface area contributed by atoms with Crippen LogP contribution in [0.2, 0.25) is 0 Å². The molecule has 1 aromatic rings. The molecule has 1 aromatic carbocycles. The highest BCUT2D eigenvalue weighted by molar-refractivity contribution is 7.98. The Balaban J connectivity index is 2.70. The monoisotopic (exact) mass is 226 g/mol. The number of carboxylic acid groups (broad SMARTS) is 1. The maximum Gasteiger partial charge on any atom is 0.335 e. The molecule has 4 nitrogen and oxygen atoms in total. The molecule has 0 heterocycles. The summed E-state index contributed by atoms with van der Waals surface area (Å²) in [5, 5.41) is 11.9. The predicted octanol–water partition coefficient (Wildman–Crippen LogP) is 1.74. The van der Waals surface area contributed by atoms with E-state index in [0.29, 0.717) is 5.69 Å². The summed E-state index contributed by atoms with van der Waals surface area (Å²) in [6.45, 7) is 0.817. The first-order chi connectivity index (χ1) is 7.15. The zero-order valence-corrected chi connectivity index (χ0v) is 9.30. The van der Waals surface area contributed by atoms with Crippen molar-refractivity contribution >= 4 is 29.1 Å². The van der Waals surface area contributed by atoms with Gasteiger partial charge in [0.25, 0.3) is 0 Å². The molecule has 0 bridgehead atoms. The highest BCUT2D eigenvalue weighted by atomic mass is 32.2. The van der Waals surface area contributed by atoms with Crippen molar-refractivity contribution in [3.8, 4) is 0 Å². The molecule has 0 unspecified atom stereocenters. The van der Waals surface area contributed by atoms with Crippen LogP contribution in [0.4, 0.5) is 11.4 Å². The third-order valence-electron chi connectivity index (χ3n) is 1.92. The standard InChI is InChI=1S/C10H14N2O2S/c1-15-5-4-12-9-3-2-7(10(13)14)6-8(9)11/h2-3,6,12H,4-5,11H2,1H3,(H,13,14). The average Bonchev–Trinajstić information content (AvgIpc) is 2.20. The van der Waals surface area contributed by atoms with E-state index in [4.69, 9.17) is 10.8 Å². The second kappa shape index (κ2) is 5.50. The quantitative estimate of drug-likeness (QED) is 0.526. The normalized spacial score (nSPS) is 9.93. The van der Waals surface area contributed by atoms with Gasteiger partial charge in [-0.25, -0.2) is 4.79 Å². The van der Waals surface area contributed by atoms with Crippen LogP contribution in [0.15, 0.2) is 18.2 Å². The van der Waals surface area contributed by atoms with Crippen LogP contribution in [-0.4, -0.2) is 29.6 Å². The number of anilines is 2. The molecule has 0 saturated carbocycles. The Morgan fingerprint density at radius 1 is 1.60 bits per heavy atom. The number of nitrogens with one attached hydrogen (secondary N) is 1. The molecular formula is C10H14N2O2S. The van der Waals surface area contributed by atoms with Crippen LogP contribution in [0, 0.1) is 0 Å². The third kappa shape index (κ3) is 3.36. The number of carboxylic acids is 1. The summed E-state index contributed by atoms with van der Waals surface area (Å²) in [5.74, 6) is 0.0255. The van der Waals surface area contributed by atoms with Gasteiger partial charge in [0.15, 0.2) is 0 Å². The summed E-state index contributed by atoms with van der Waals surface area (Å²) in [6, 6.07) is 4.70. The molecule has 1 rings (SSSR count). The second-order valence-corrected chi connectivity index (χ2v) is 4.01. The van der Waals surface area contributed by atoms with Crippen LogP contribution in [0.5, 0.6) is 0 Å². The zero-order chi connectivity index (χ0) is 11.3. The van der Waals surface area contributed by atoms with Crippen molar-refractivity contribution in [2.75, 3.05) is 29.6 Å². The number of nitrogen functional groups attached to an aromatic ring is 1. The van der Waals surface area contributed by atoms with Crippen molar-refractivity contribution in [2.45, 2.75) is 0 Å². The lowest BCUT2D eigenvalue weighted by atomic mass is 10.2. The largest absolute Gasteiger partial charge is 0.478 e.